The summed E-state index contributed by atoms with van der Waals surface area (Å²) in [7, 11) is 0. The number of hydrogen-bond acceptors (Lipinski definition) is 3. The highest BCUT2D eigenvalue weighted by Gasteiger charge is 2.59. The van der Waals surface area contributed by atoms with Crippen molar-refractivity contribution in [1.29, 1.82) is 0 Å². The van der Waals surface area contributed by atoms with Crippen LogP contribution in [-0.4, -0.2) is 11.8 Å². The van der Waals surface area contributed by atoms with Gasteiger partial charge in [0.25, 0.3) is 0 Å². The van der Waals surface area contributed by atoms with Crippen molar-refractivity contribution in [2.24, 2.45) is 23.7 Å². The Morgan fingerprint density at radius 3 is 1.85 bits per heavy atom. The van der Waals surface area contributed by atoms with Crippen LogP contribution in [0.1, 0.15) is 6.42 Å². The standard InChI is InChI=1S/C21H16ClNO3/c22-14-3-7-16(8-4-14)26-17-9-5-15(6-10-17)23-20(24)18-12-1-2-13(11-12)19(18)21(23)25/h1-10,12-13,18-19H,11H2/t12-,13+,18+,19-. The Morgan fingerprint density at radius 1 is 0.808 bits per heavy atom. The number of carbonyl (C=O) groups is 2. The van der Waals surface area contributed by atoms with E-state index in [1.807, 2.05) is 0 Å². The minimum Gasteiger partial charge on any atom is -0.457 e. The monoisotopic (exact) mass is 365 g/mol. The van der Waals surface area contributed by atoms with Crippen LogP contribution in [0.5, 0.6) is 11.5 Å². The van der Waals surface area contributed by atoms with Gasteiger partial charge in [-0.15, -0.1) is 0 Å². The Bertz CT molecular complexity index is 889. The molecule has 0 radical (unpaired) electrons. The van der Waals surface area contributed by atoms with E-state index < -0.39 is 0 Å². The Morgan fingerprint density at radius 2 is 1.31 bits per heavy atom. The maximum Gasteiger partial charge on any atom is 0.238 e. The summed E-state index contributed by atoms with van der Waals surface area (Å²) < 4.78 is 5.77. The fourth-order valence-corrected chi connectivity index (χ4v) is 4.58. The summed E-state index contributed by atoms with van der Waals surface area (Å²) in [6.45, 7) is 0. The fraction of sp³-hybridized carbons (Fsp3) is 0.238. The van der Waals surface area contributed by atoms with Crippen molar-refractivity contribution < 1.29 is 14.3 Å². The van der Waals surface area contributed by atoms with Gasteiger partial charge in [-0.3, -0.25) is 14.5 Å². The SMILES string of the molecule is O=C1[C@@H]2[C@H](C(=O)N1c1ccc(Oc3ccc(Cl)cc3)cc1)[C@H]1C=C[C@@H]2C1. The molecule has 2 amide bonds. The average molecular weight is 366 g/mol. The first-order valence-electron chi connectivity index (χ1n) is 8.71. The highest BCUT2D eigenvalue weighted by atomic mass is 35.5. The third kappa shape index (κ3) is 2.29. The molecule has 5 rings (SSSR count). The number of benzene rings is 2. The second-order valence-electron chi connectivity index (χ2n) is 7.06. The van der Waals surface area contributed by atoms with Gasteiger partial charge >= 0.3 is 0 Å². The number of allylic oxidation sites excluding steroid dienone is 2. The largest absolute Gasteiger partial charge is 0.457 e. The van der Waals surface area contributed by atoms with Gasteiger partial charge in [-0.2, -0.15) is 0 Å². The average Bonchev–Trinajstić information content (AvgIpc) is 3.32. The molecule has 0 unspecified atom stereocenters. The van der Waals surface area contributed by atoms with E-state index in [9.17, 15) is 9.59 Å². The van der Waals surface area contributed by atoms with Gasteiger partial charge in [-0.1, -0.05) is 23.8 Å². The molecular formula is C21H16ClNO3. The van der Waals surface area contributed by atoms with E-state index in [1.54, 1.807) is 48.5 Å². The number of fused-ring (bicyclic) bond motifs is 5. The molecule has 2 fully saturated rings. The molecule has 4 atom stereocenters. The van der Waals surface area contributed by atoms with Gasteiger partial charge in [-0.05, 0) is 66.8 Å². The molecule has 5 heteroatoms. The van der Waals surface area contributed by atoms with Crippen LogP contribution in [0.25, 0.3) is 0 Å². The maximum absolute atomic E-state index is 12.8. The van der Waals surface area contributed by atoms with Crippen LogP contribution in [0.4, 0.5) is 5.69 Å². The Kier molecular flexibility index (Phi) is 3.44. The van der Waals surface area contributed by atoms with Gasteiger partial charge in [-0.25, -0.2) is 0 Å². The van der Waals surface area contributed by atoms with Crippen LogP contribution in [0.15, 0.2) is 60.7 Å². The molecule has 2 aromatic rings. The lowest BCUT2D eigenvalue weighted by Crippen LogP contribution is -2.32. The number of anilines is 1. The first kappa shape index (κ1) is 15.6. The molecule has 0 spiro atoms. The van der Waals surface area contributed by atoms with E-state index in [1.165, 1.54) is 4.90 Å². The number of ether oxygens (including phenoxy) is 1. The van der Waals surface area contributed by atoms with E-state index in [0.717, 1.165) is 6.42 Å². The van der Waals surface area contributed by atoms with Crippen molar-refractivity contribution in [2.45, 2.75) is 6.42 Å². The molecule has 26 heavy (non-hydrogen) atoms. The molecule has 3 aliphatic rings. The van der Waals surface area contributed by atoms with Gasteiger partial charge in [0.1, 0.15) is 11.5 Å². The van der Waals surface area contributed by atoms with Crippen molar-refractivity contribution in [2.75, 3.05) is 4.90 Å². The Labute approximate surface area is 156 Å². The Hall–Kier alpha value is -2.59. The summed E-state index contributed by atoms with van der Waals surface area (Å²) in [4.78, 5) is 27.0. The molecule has 0 aromatic heterocycles. The van der Waals surface area contributed by atoms with Crippen molar-refractivity contribution >= 4 is 29.1 Å². The molecule has 2 aromatic carbocycles. The van der Waals surface area contributed by atoms with Gasteiger partial charge in [0.15, 0.2) is 0 Å². The van der Waals surface area contributed by atoms with Crippen molar-refractivity contribution in [3.8, 4) is 11.5 Å². The summed E-state index contributed by atoms with van der Waals surface area (Å²) in [5, 5.41) is 0.646. The smallest absolute Gasteiger partial charge is 0.238 e. The number of rotatable bonds is 3. The van der Waals surface area contributed by atoms with Crippen LogP contribution < -0.4 is 9.64 Å². The van der Waals surface area contributed by atoms with Crippen LogP contribution in [0.2, 0.25) is 5.02 Å². The topological polar surface area (TPSA) is 46.6 Å². The number of nitrogens with zero attached hydrogens (tertiary/aromatic N) is 1. The summed E-state index contributed by atoms with van der Waals surface area (Å²) in [6, 6.07) is 14.1. The molecule has 2 bridgehead atoms. The zero-order chi connectivity index (χ0) is 17.8. The first-order valence-corrected chi connectivity index (χ1v) is 9.09. The van der Waals surface area contributed by atoms with E-state index >= 15 is 0 Å². The summed E-state index contributed by atoms with van der Waals surface area (Å²) in [5.74, 6) is 1.26. The van der Waals surface area contributed by atoms with Crippen molar-refractivity contribution in [3.63, 3.8) is 0 Å². The van der Waals surface area contributed by atoms with Gasteiger partial charge in [0, 0.05) is 5.02 Å². The second-order valence-corrected chi connectivity index (χ2v) is 7.50. The second kappa shape index (κ2) is 5.71. The highest BCUT2D eigenvalue weighted by Crippen LogP contribution is 2.53. The molecular weight excluding hydrogens is 350 g/mol. The highest BCUT2D eigenvalue weighted by molar-refractivity contribution is 6.30. The molecule has 4 nitrogen and oxygen atoms in total. The summed E-state index contributed by atoms with van der Waals surface area (Å²) in [5.41, 5.74) is 0.609. The van der Waals surface area contributed by atoms with Crippen LogP contribution >= 0.6 is 11.6 Å². The first-order chi connectivity index (χ1) is 12.6. The van der Waals surface area contributed by atoms with Gasteiger partial charge in [0.05, 0.1) is 17.5 Å². The van der Waals surface area contributed by atoms with E-state index in [2.05, 4.69) is 12.2 Å². The zero-order valence-corrected chi connectivity index (χ0v) is 14.6. The van der Waals surface area contributed by atoms with Crippen LogP contribution in [0, 0.1) is 23.7 Å². The minimum atomic E-state index is -0.178. The lowest BCUT2D eigenvalue weighted by molar-refractivity contribution is -0.123. The van der Waals surface area contributed by atoms with E-state index in [4.69, 9.17) is 16.3 Å². The number of hydrogen-bond donors (Lipinski definition) is 0. The number of halogens is 1. The molecule has 130 valence electrons. The van der Waals surface area contributed by atoms with Crippen LogP contribution in [-0.2, 0) is 9.59 Å². The third-order valence-electron chi connectivity index (χ3n) is 5.61. The predicted molar refractivity (Wildman–Crippen MR) is 98.2 cm³/mol. The van der Waals surface area contributed by atoms with Crippen molar-refractivity contribution in [3.05, 3.63) is 65.7 Å². The zero-order valence-electron chi connectivity index (χ0n) is 13.8. The number of imide groups is 1. The minimum absolute atomic E-state index is 0.0665. The molecule has 1 saturated carbocycles. The lowest BCUT2D eigenvalue weighted by Gasteiger charge is -2.17. The summed E-state index contributed by atoms with van der Waals surface area (Å²) >= 11 is 5.87. The molecule has 0 N–H and O–H groups in total. The lowest BCUT2D eigenvalue weighted by atomic mass is 9.85. The molecule has 1 aliphatic heterocycles. The normalized spacial score (nSPS) is 28.7. The molecule has 1 heterocycles. The number of amides is 2. The van der Waals surface area contributed by atoms with Gasteiger partial charge < -0.3 is 4.74 Å². The molecule has 1 saturated heterocycles. The van der Waals surface area contributed by atoms with Crippen molar-refractivity contribution in [1.82, 2.24) is 0 Å². The van der Waals surface area contributed by atoms with E-state index in [-0.39, 0.29) is 35.5 Å². The summed E-state index contributed by atoms with van der Waals surface area (Å²) in [6.07, 6.45) is 5.14. The Balaban J connectivity index is 1.37. The third-order valence-corrected chi connectivity index (χ3v) is 5.87. The molecule has 2 aliphatic carbocycles. The van der Waals surface area contributed by atoms with E-state index in [0.29, 0.717) is 22.2 Å². The fourth-order valence-electron chi connectivity index (χ4n) is 4.46. The predicted octanol–water partition coefficient (Wildman–Crippen LogP) is 4.44. The van der Waals surface area contributed by atoms with Gasteiger partial charge in [0.2, 0.25) is 11.8 Å². The quantitative estimate of drug-likeness (QED) is 0.596. The maximum atomic E-state index is 12.8. The number of carbonyl (C=O) groups excluding carboxylic acids is 2. The van der Waals surface area contributed by atoms with Crippen LogP contribution in [0.3, 0.4) is 0 Å².